The van der Waals surface area contributed by atoms with E-state index in [1.807, 2.05) is 60.7 Å². The molecular formula is C34H31N3O5S. The van der Waals surface area contributed by atoms with Crippen LogP contribution in [0.5, 0.6) is 11.5 Å². The van der Waals surface area contributed by atoms with E-state index < -0.39 is 12.0 Å². The van der Waals surface area contributed by atoms with Gasteiger partial charge in [0.2, 0.25) is 0 Å². The lowest BCUT2D eigenvalue weighted by molar-refractivity contribution is -0.138. The predicted octanol–water partition coefficient (Wildman–Crippen LogP) is 4.97. The minimum atomic E-state index is -0.770. The van der Waals surface area contributed by atoms with E-state index in [0.717, 1.165) is 16.7 Å². The van der Waals surface area contributed by atoms with Crippen LogP contribution in [0.15, 0.2) is 88.2 Å². The van der Waals surface area contributed by atoms with E-state index >= 15 is 0 Å². The number of rotatable bonds is 9. The van der Waals surface area contributed by atoms with Gasteiger partial charge in [-0.2, -0.15) is 5.26 Å². The molecule has 0 N–H and O–H groups in total. The van der Waals surface area contributed by atoms with Crippen LogP contribution in [0.4, 0.5) is 0 Å². The molecule has 0 aliphatic carbocycles. The van der Waals surface area contributed by atoms with E-state index in [-0.39, 0.29) is 18.8 Å². The fourth-order valence-corrected chi connectivity index (χ4v) is 6.02. The van der Waals surface area contributed by atoms with Crippen LogP contribution in [-0.4, -0.2) is 30.9 Å². The quantitative estimate of drug-likeness (QED) is 0.254. The molecule has 0 saturated heterocycles. The monoisotopic (exact) mass is 593 g/mol. The summed E-state index contributed by atoms with van der Waals surface area (Å²) in [5.41, 5.74) is 3.67. The zero-order valence-corrected chi connectivity index (χ0v) is 25.2. The molecule has 0 amide bonds. The van der Waals surface area contributed by atoms with Gasteiger partial charge < -0.3 is 14.2 Å². The van der Waals surface area contributed by atoms with Crippen molar-refractivity contribution in [1.82, 2.24) is 4.57 Å². The lowest BCUT2D eigenvalue weighted by Crippen LogP contribution is -2.40. The Balaban J connectivity index is 1.80. The van der Waals surface area contributed by atoms with Crippen molar-refractivity contribution in [2.45, 2.75) is 32.7 Å². The lowest BCUT2D eigenvalue weighted by Gasteiger charge is -2.26. The van der Waals surface area contributed by atoms with Gasteiger partial charge in [-0.15, -0.1) is 0 Å². The number of para-hydroxylation sites is 1. The number of fused-ring (bicyclic) bond motifs is 1. The molecule has 1 atom stereocenters. The topological polar surface area (TPSA) is 103 Å². The first kappa shape index (κ1) is 29.5. The Labute approximate surface area is 253 Å². The van der Waals surface area contributed by atoms with Gasteiger partial charge in [0.1, 0.15) is 6.07 Å². The number of esters is 1. The average Bonchev–Trinajstić information content (AvgIpc) is 3.34. The number of nitrogens with zero attached hydrogens (tertiary/aromatic N) is 3. The van der Waals surface area contributed by atoms with E-state index in [0.29, 0.717) is 43.6 Å². The number of carbonyl (C=O) groups is 1. The average molecular weight is 594 g/mol. The molecule has 218 valence electrons. The van der Waals surface area contributed by atoms with E-state index in [2.05, 4.69) is 13.8 Å². The van der Waals surface area contributed by atoms with Gasteiger partial charge >= 0.3 is 5.97 Å². The molecule has 0 fully saturated rings. The fourth-order valence-electron chi connectivity index (χ4n) is 5.03. The largest absolute Gasteiger partial charge is 0.493 e. The third-order valence-corrected chi connectivity index (χ3v) is 8.07. The summed E-state index contributed by atoms with van der Waals surface area (Å²) in [6.07, 6.45) is 1.70. The highest BCUT2D eigenvalue weighted by Gasteiger charge is 2.35. The van der Waals surface area contributed by atoms with Gasteiger partial charge in [-0.05, 0) is 36.1 Å². The second kappa shape index (κ2) is 12.9. The fraction of sp³-hybridized carbons (Fsp3) is 0.235. The van der Waals surface area contributed by atoms with E-state index in [1.165, 1.54) is 18.4 Å². The summed E-state index contributed by atoms with van der Waals surface area (Å²) in [5.74, 6) is 0.583. The second-order valence-electron chi connectivity index (χ2n) is 10.1. The number of methoxy groups -OCH3 is 1. The minimum Gasteiger partial charge on any atom is -0.493 e. The molecule has 1 aliphatic rings. The Kier molecular flexibility index (Phi) is 8.88. The van der Waals surface area contributed by atoms with Crippen LogP contribution < -0.4 is 24.4 Å². The molecule has 0 unspecified atom stereocenters. The smallest absolute Gasteiger partial charge is 0.338 e. The van der Waals surface area contributed by atoms with Crippen molar-refractivity contribution in [3.63, 3.8) is 0 Å². The van der Waals surface area contributed by atoms with Gasteiger partial charge in [0.05, 0.1) is 35.6 Å². The zero-order valence-electron chi connectivity index (χ0n) is 24.4. The second-order valence-corrected chi connectivity index (χ2v) is 11.1. The van der Waals surface area contributed by atoms with Crippen LogP contribution in [0.3, 0.4) is 0 Å². The molecule has 0 bridgehead atoms. The van der Waals surface area contributed by atoms with E-state index in [9.17, 15) is 9.59 Å². The summed E-state index contributed by atoms with van der Waals surface area (Å²) in [5, 5.41) is 9.11. The van der Waals surface area contributed by atoms with Gasteiger partial charge in [-0.25, -0.2) is 9.79 Å². The number of hydrogen-bond donors (Lipinski definition) is 0. The summed E-state index contributed by atoms with van der Waals surface area (Å²) in [4.78, 5) is 33.2. The van der Waals surface area contributed by atoms with Crippen LogP contribution in [0.1, 0.15) is 55.0 Å². The highest BCUT2D eigenvalue weighted by molar-refractivity contribution is 7.07. The number of thiazole rings is 1. The first-order valence-corrected chi connectivity index (χ1v) is 14.7. The van der Waals surface area contributed by atoms with Crippen molar-refractivity contribution in [3.05, 3.63) is 120 Å². The molecule has 43 heavy (non-hydrogen) atoms. The van der Waals surface area contributed by atoms with Gasteiger partial charge in [0.25, 0.3) is 5.56 Å². The molecule has 1 aliphatic heterocycles. The number of aromatic nitrogens is 1. The number of nitriles is 1. The first-order valence-electron chi connectivity index (χ1n) is 13.9. The van der Waals surface area contributed by atoms with E-state index in [4.69, 9.17) is 24.5 Å². The lowest BCUT2D eigenvalue weighted by atomic mass is 9.91. The number of benzene rings is 3. The maximum atomic E-state index is 14.2. The summed E-state index contributed by atoms with van der Waals surface area (Å²) >= 11 is 1.22. The Morgan fingerprint density at radius 2 is 1.84 bits per heavy atom. The van der Waals surface area contributed by atoms with Crippen LogP contribution in [0.25, 0.3) is 11.8 Å². The number of carbonyl (C=O) groups excluding carboxylic acids is 1. The molecule has 5 rings (SSSR count). The highest BCUT2D eigenvalue weighted by Crippen LogP contribution is 2.36. The summed E-state index contributed by atoms with van der Waals surface area (Å²) in [7, 11) is 1.51. The molecule has 9 heteroatoms. The first-order chi connectivity index (χ1) is 20.9. The Morgan fingerprint density at radius 1 is 1.09 bits per heavy atom. The summed E-state index contributed by atoms with van der Waals surface area (Å²) in [6, 6.07) is 23.9. The molecule has 4 aromatic rings. The normalized spacial score (nSPS) is 14.6. The third-order valence-electron chi connectivity index (χ3n) is 7.09. The Hall–Kier alpha value is -4.94. The van der Waals surface area contributed by atoms with Crippen molar-refractivity contribution >= 4 is 29.1 Å². The van der Waals surface area contributed by atoms with Crippen LogP contribution in [0.2, 0.25) is 0 Å². The molecular weight excluding hydrogens is 562 g/mol. The summed E-state index contributed by atoms with van der Waals surface area (Å²) < 4.78 is 18.6. The van der Waals surface area contributed by atoms with Crippen molar-refractivity contribution in [3.8, 4) is 17.6 Å². The molecule has 2 heterocycles. The maximum absolute atomic E-state index is 14.2. The number of ether oxygens (including phenoxy) is 3. The van der Waals surface area contributed by atoms with Gasteiger partial charge in [-0.3, -0.25) is 9.36 Å². The van der Waals surface area contributed by atoms with Crippen LogP contribution in [-0.2, 0) is 9.53 Å². The zero-order chi connectivity index (χ0) is 30.5. The van der Waals surface area contributed by atoms with Crippen molar-refractivity contribution in [2.24, 2.45) is 4.99 Å². The van der Waals surface area contributed by atoms with Crippen molar-refractivity contribution in [2.75, 3.05) is 20.3 Å². The molecule has 0 radical (unpaired) electrons. The SMILES string of the molecule is CCOC(=O)C1=C(c2ccccc2)N=c2s/c(=C\c3cccc(OC)c3OCC#N)c(=O)n2[C@@H]1c1ccc(C(C)C)cc1. The molecule has 8 nitrogen and oxygen atoms in total. The van der Waals surface area contributed by atoms with Gasteiger partial charge in [0, 0.05) is 11.1 Å². The molecule has 0 spiro atoms. The van der Waals surface area contributed by atoms with Crippen LogP contribution >= 0.6 is 11.3 Å². The van der Waals surface area contributed by atoms with Crippen LogP contribution in [0, 0.1) is 11.3 Å². The molecule has 3 aromatic carbocycles. The maximum Gasteiger partial charge on any atom is 0.338 e. The molecule has 0 saturated carbocycles. The number of hydrogen-bond acceptors (Lipinski definition) is 8. The summed E-state index contributed by atoms with van der Waals surface area (Å²) in [6.45, 7) is 5.97. The Morgan fingerprint density at radius 3 is 2.49 bits per heavy atom. The van der Waals surface area contributed by atoms with Gasteiger partial charge in [-0.1, -0.05) is 91.9 Å². The molecule has 1 aromatic heterocycles. The van der Waals surface area contributed by atoms with Crippen molar-refractivity contribution < 1.29 is 19.0 Å². The van der Waals surface area contributed by atoms with Crippen molar-refractivity contribution in [1.29, 1.82) is 5.26 Å². The minimum absolute atomic E-state index is 0.176. The third kappa shape index (κ3) is 5.87. The Bertz CT molecular complexity index is 1900. The predicted molar refractivity (Wildman–Crippen MR) is 166 cm³/mol. The van der Waals surface area contributed by atoms with Gasteiger partial charge in [0.15, 0.2) is 22.9 Å². The van der Waals surface area contributed by atoms with E-state index in [1.54, 1.807) is 35.8 Å². The standard InChI is InChI=1S/C34H31N3O5S/c1-5-41-33(39)28-29(23-10-7-6-8-11-23)36-34-37(30(28)24-16-14-22(15-17-24)21(2)3)32(38)27(43-34)20-25-12-9-13-26(40-4)31(25)42-19-18-35/h6-17,20-21,30H,5,19H2,1-4H3/b27-20-/t30-/m1/s1. The highest BCUT2D eigenvalue weighted by atomic mass is 32.1.